The van der Waals surface area contributed by atoms with E-state index in [0.717, 1.165) is 17.7 Å². The van der Waals surface area contributed by atoms with Crippen LogP contribution in [0.2, 0.25) is 0 Å². The van der Waals surface area contributed by atoms with E-state index in [1.54, 1.807) is 4.90 Å². The highest BCUT2D eigenvalue weighted by molar-refractivity contribution is 5.89. The lowest BCUT2D eigenvalue weighted by atomic mass is 10.1. The molecule has 2 aromatic carbocycles. The third-order valence-corrected chi connectivity index (χ3v) is 4.09. The molecule has 26 heavy (non-hydrogen) atoms. The molecule has 1 unspecified atom stereocenters. The molecule has 0 aromatic heterocycles. The fourth-order valence-electron chi connectivity index (χ4n) is 2.68. The Bertz CT molecular complexity index is 689. The molecule has 138 valence electrons. The van der Waals surface area contributed by atoms with Crippen LogP contribution in [-0.2, 0) is 4.79 Å². The van der Waals surface area contributed by atoms with Crippen molar-refractivity contribution in [2.75, 3.05) is 18.4 Å². The molecule has 2 rings (SSSR count). The Balaban J connectivity index is 1.85. The molecule has 5 nitrogen and oxygen atoms in total. The quantitative estimate of drug-likeness (QED) is 0.747. The van der Waals surface area contributed by atoms with E-state index < -0.39 is 0 Å². The molecule has 0 saturated carbocycles. The summed E-state index contributed by atoms with van der Waals surface area (Å²) >= 11 is 0. The highest BCUT2D eigenvalue weighted by atomic mass is 16.2. The summed E-state index contributed by atoms with van der Waals surface area (Å²) in [5.74, 6) is -0.0602. The van der Waals surface area contributed by atoms with Crippen molar-refractivity contribution in [3.05, 3.63) is 66.2 Å². The number of hydrogen-bond donors (Lipinski definition) is 2. The van der Waals surface area contributed by atoms with Crippen LogP contribution in [0, 0.1) is 0 Å². The SMILES string of the molecule is CCCN(CCC(=O)NC(C)c1ccccc1)C(=O)Nc1ccccc1. The minimum atomic E-state index is -0.179. The zero-order chi connectivity index (χ0) is 18.8. The van der Waals surface area contributed by atoms with Crippen LogP contribution < -0.4 is 10.6 Å². The molecule has 0 aliphatic rings. The van der Waals surface area contributed by atoms with Gasteiger partial charge in [0.2, 0.25) is 5.91 Å². The van der Waals surface area contributed by atoms with Crippen molar-refractivity contribution in [3.8, 4) is 0 Å². The average molecular weight is 353 g/mol. The average Bonchev–Trinajstić information content (AvgIpc) is 2.66. The number of benzene rings is 2. The summed E-state index contributed by atoms with van der Waals surface area (Å²) < 4.78 is 0. The van der Waals surface area contributed by atoms with Crippen LogP contribution in [0.5, 0.6) is 0 Å². The molecule has 2 N–H and O–H groups in total. The van der Waals surface area contributed by atoms with Crippen molar-refractivity contribution >= 4 is 17.6 Å². The first kappa shape index (κ1) is 19.5. The van der Waals surface area contributed by atoms with Gasteiger partial charge in [-0.05, 0) is 31.0 Å². The van der Waals surface area contributed by atoms with Gasteiger partial charge in [-0.1, -0.05) is 55.5 Å². The Hall–Kier alpha value is -2.82. The molecule has 0 bridgehead atoms. The first-order chi connectivity index (χ1) is 12.6. The second-order valence-electron chi connectivity index (χ2n) is 6.23. The van der Waals surface area contributed by atoms with Gasteiger partial charge >= 0.3 is 6.03 Å². The van der Waals surface area contributed by atoms with Crippen molar-refractivity contribution in [2.24, 2.45) is 0 Å². The van der Waals surface area contributed by atoms with E-state index in [1.165, 1.54) is 0 Å². The van der Waals surface area contributed by atoms with Crippen LogP contribution >= 0.6 is 0 Å². The van der Waals surface area contributed by atoms with Gasteiger partial charge in [0.1, 0.15) is 0 Å². The summed E-state index contributed by atoms with van der Waals surface area (Å²) in [7, 11) is 0. The molecule has 0 fully saturated rings. The second kappa shape index (κ2) is 10.2. The van der Waals surface area contributed by atoms with Crippen LogP contribution in [0.4, 0.5) is 10.5 Å². The lowest BCUT2D eigenvalue weighted by Gasteiger charge is -2.23. The first-order valence-corrected chi connectivity index (χ1v) is 9.05. The number of carbonyl (C=O) groups excluding carboxylic acids is 2. The van der Waals surface area contributed by atoms with Gasteiger partial charge in [0.05, 0.1) is 6.04 Å². The summed E-state index contributed by atoms with van der Waals surface area (Å²) in [6.07, 6.45) is 1.11. The standard InChI is InChI=1S/C21H27N3O2/c1-3-15-24(21(26)23-19-12-8-5-9-13-19)16-14-20(25)22-17(2)18-10-6-4-7-11-18/h4-13,17H,3,14-16H2,1-2H3,(H,22,25)(H,23,26). The third-order valence-electron chi connectivity index (χ3n) is 4.09. The van der Waals surface area contributed by atoms with Crippen molar-refractivity contribution in [1.82, 2.24) is 10.2 Å². The second-order valence-corrected chi connectivity index (χ2v) is 6.23. The molecular weight excluding hydrogens is 326 g/mol. The van der Waals surface area contributed by atoms with Crippen LogP contribution in [0.3, 0.4) is 0 Å². The Kier molecular flexibility index (Phi) is 7.68. The highest BCUT2D eigenvalue weighted by Gasteiger charge is 2.15. The van der Waals surface area contributed by atoms with E-state index in [0.29, 0.717) is 13.1 Å². The van der Waals surface area contributed by atoms with Crippen molar-refractivity contribution in [1.29, 1.82) is 0 Å². The summed E-state index contributed by atoms with van der Waals surface area (Å²) in [6, 6.07) is 18.9. The van der Waals surface area contributed by atoms with Crippen molar-refractivity contribution < 1.29 is 9.59 Å². The third kappa shape index (κ3) is 6.24. The van der Waals surface area contributed by atoms with E-state index in [4.69, 9.17) is 0 Å². The fraction of sp³-hybridized carbons (Fsp3) is 0.333. The van der Waals surface area contributed by atoms with Crippen LogP contribution in [0.1, 0.15) is 38.3 Å². The van der Waals surface area contributed by atoms with Gasteiger partial charge in [-0.2, -0.15) is 0 Å². The Morgan fingerprint density at radius 2 is 1.58 bits per heavy atom. The number of nitrogens with one attached hydrogen (secondary N) is 2. The fourth-order valence-corrected chi connectivity index (χ4v) is 2.68. The van der Waals surface area contributed by atoms with Crippen molar-refractivity contribution in [2.45, 2.75) is 32.7 Å². The van der Waals surface area contributed by atoms with Crippen molar-refractivity contribution in [3.63, 3.8) is 0 Å². The number of nitrogens with zero attached hydrogens (tertiary/aromatic N) is 1. The zero-order valence-electron chi connectivity index (χ0n) is 15.4. The van der Waals surface area contributed by atoms with Gasteiger partial charge in [-0.3, -0.25) is 4.79 Å². The predicted molar refractivity (Wildman–Crippen MR) is 105 cm³/mol. The van der Waals surface area contributed by atoms with E-state index in [-0.39, 0.29) is 24.4 Å². The molecule has 0 spiro atoms. The maximum Gasteiger partial charge on any atom is 0.321 e. The van der Waals surface area contributed by atoms with E-state index in [2.05, 4.69) is 10.6 Å². The number of urea groups is 1. The normalized spacial score (nSPS) is 11.5. The molecule has 0 saturated heterocycles. The maximum absolute atomic E-state index is 12.4. The predicted octanol–water partition coefficient (Wildman–Crippen LogP) is 4.20. The molecule has 0 aliphatic heterocycles. The minimum Gasteiger partial charge on any atom is -0.350 e. The Morgan fingerprint density at radius 1 is 0.962 bits per heavy atom. The largest absolute Gasteiger partial charge is 0.350 e. The van der Waals surface area contributed by atoms with E-state index in [1.807, 2.05) is 74.5 Å². The minimum absolute atomic E-state index is 0.0542. The summed E-state index contributed by atoms with van der Waals surface area (Å²) in [5.41, 5.74) is 1.81. The maximum atomic E-state index is 12.4. The lowest BCUT2D eigenvalue weighted by Crippen LogP contribution is -2.38. The highest BCUT2D eigenvalue weighted by Crippen LogP contribution is 2.11. The molecule has 0 aliphatic carbocycles. The Morgan fingerprint density at radius 3 is 2.19 bits per heavy atom. The smallest absolute Gasteiger partial charge is 0.321 e. The topological polar surface area (TPSA) is 61.4 Å². The van der Waals surface area contributed by atoms with Gasteiger partial charge in [0, 0.05) is 25.2 Å². The number of amides is 3. The monoisotopic (exact) mass is 353 g/mol. The number of anilines is 1. The van der Waals surface area contributed by atoms with Gasteiger partial charge in [0.15, 0.2) is 0 Å². The van der Waals surface area contributed by atoms with Gasteiger partial charge in [-0.25, -0.2) is 4.79 Å². The zero-order valence-corrected chi connectivity index (χ0v) is 15.4. The van der Waals surface area contributed by atoms with E-state index in [9.17, 15) is 9.59 Å². The number of carbonyl (C=O) groups is 2. The van der Waals surface area contributed by atoms with E-state index >= 15 is 0 Å². The number of para-hydroxylation sites is 1. The Labute approximate surface area is 155 Å². The summed E-state index contributed by atoms with van der Waals surface area (Å²) in [6.45, 7) is 4.97. The van der Waals surface area contributed by atoms with Gasteiger partial charge in [0.25, 0.3) is 0 Å². The van der Waals surface area contributed by atoms with Crippen LogP contribution in [0.15, 0.2) is 60.7 Å². The number of hydrogen-bond acceptors (Lipinski definition) is 2. The molecule has 5 heteroatoms. The summed E-state index contributed by atoms with van der Waals surface area (Å²) in [4.78, 5) is 26.4. The number of rotatable bonds is 8. The van der Waals surface area contributed by atoms with Crippen LogP contribution in [0.25, 0.3) is 0 Å². The van der Waals surface area contributed by atoms with Gasteiger partial charge in [-0.15, -0.1) is 0 Å². The molecule has 2 aromatic rings. The van der Waals surface area contributed by atoms with Gasteiger partial charge < -0.3 is 15.5 Å². The lowest BCUT2D eigenvalue weighted by molar-refractivity contribution is -0.121. The first-order valence-electron chi connectivity index (χ1n) is 9.05. The summed E-state index contributed by atoms with van der Waals surface area (Å²) in [5, 5.41) is 5.86. The molecule has 0 radical (unpaired) electrons. The molecule has 1 atom stereocenters. The van der Waals surface area contributed by atoms with Crippen LogP contribution in [-0.4, -0.2) is 29.9 Å². The molecule has 3 amide bonds. The molecular formula is C21H27N3O2. The molecule has 0 heterocycles.